The summed E-state index contributed by atoms with van der Waals surface area (Å²) in [4.78, 5) is 22.5. The van der Waals surface area contributed by atoms with Crippen molar-refractivity contribution in [2.45, 2.75) is 19.9 Å². The fraction of sp³-hybridized carbons (Fsp3) is 0.217. The van der Waals surface area contributed by atoms with Crippen LogP contribution in [-0.4, -0.2) is 29.3 Å². The van der Waals surface area contributed by atoms with E-state index in [1.165, 1.54) is 39.4 Å². The molecule has 5 rings (SSSR count). The fourth-order valence-corrected chi connectivity index (χ4v) is 5.82. The first-order valence-electron chi connectivity index (χ1n) is 9.60. The molecule has 1 aromatic carbocycles. The van der Waals surface area contributed by atoms with Gasteiger partial charge >= 0.3 is 0 Å². The Bertz CT molecular complexity index is 1220. The van der Waals surface area contributed by atoms with Gasteiger partial charge in [-0.1, -0.05) is 35.9 Å². The summed E-state index contributed by atoms with van der Waals surface area (Å²) in [5.74, 6) is -0.000867. The standard InChI is InChI=1S/C23H21N3OS2/c1-13-5-7-14(8-6-13)20-16-12-26(2)10-9-15(16)18-19(24)22(29-23(18)25-20)21(27)17-4-3-11-28-17/h3-8,11H,9-10,12,24H2,1-2H3. The quantitative estimate of drug-likeness (QED) is 0.468. The second kappa shape index (κ2) is 7.06. The lowest BCUT2D eigenvalue weighted by molar-refractivity contribution is 0.104. The Morgan fingerprint density at radius 3 is 2.69 bits per heavy atom. The lowest BCUT2D eigenvalue weighted by Crippen LogP contribution is -2.27. The average molecular weight is 420 g/mol. The third-order valence-corrected chi connectivity index (χ3v) is 7.51. The molecule has 0 bridgehead atoms. The monoisotopic (exact) mass is 419 g/mol. The summed E-state index contributed by atoms with van der Waals surface area (Å²) in [6.07, 6.45) is 0.914. The predicted molar refractivity (Wildman–Crippen MR) is 122 cm³/mol. The molecule has 0 saturated carbocycles. The van der Waals surface area contributed by atoms with Gasteiger partial charge in [0.05, 0.1) is 16.3 Å². The molecule has 146 valence electrons. The van der Waals surface area contributed by atoms with Gasteiger partial charge in [-0.15, -0.1) is 22.7 Å². The number of likely N-dealkylation sites (N-methyl/N-ethyl adjacent to an activating group) is 1. The van der Waals surface area contributed by atoms with Crippen LogP contribution >= 0.6 is 22.7 Å². The fourth-order valence-electron chi connectivity index (χ4n) is 4.00. The van der Waals surface area contributed by atoms with Crippen molar-refractivity contribution < 1.29 is 4.79 Å². The summed E-state index contributed by atoms with van der Waals surface area (Å²) in [6.45, 7) is 3.90. The number of ketones is 1. The third-order valence-electron chi connectivity index (χ3n) is 5.54. The van der Waals surface area contributed by atoms with Crippen LogP contribution in [0.15, 0.2) is 41.8 Å². The van der Waals surface area contributed by atoms with E-state index in [4.69, 9.17) is 10.7 Å². The summed E-state index contributed by atoms with van der Waals surface area (Å²) in [5, 5.41) is 2.90. The smallest absolute Gasteiger partial charge is 0.215 e. The van der Waals surface area contributed by atoms with Crippen LogP contribution in [0.5, 0.6) is 0 Å². The van der Waals surface area contributed by atoms with Gasteiger partial charge in [-0.3, -0.25) is 4.79 Å². The number of aromatic nitrogens is 1. The molecular formula is C23H21N3OS2. The number of anilines is 1. The van der Waals surface area contributed by atoms with Gasteiger partial charge in [0.25, 0.3) is 0 Å². The summed E-state index contributed by atoms with van der Waals surface area (Å²) in [5.41, 5.74) is 13.0. The van der Waals surface area contributed by atoms with Crippen LogP contribution in [0.1, 0.15) is 31.2 Å². The van der Waals surface area contributed by atoms with Gasteiger partial charge in [0.1, 0.15) is 9.71 Å². The number of rotatable bonds is 3. The molecule has 0 spiro atoms. The van der Waals surface area contributed by atoms with Crippen molar-refractivity contribution in [1.29, 1.82) is 0 Å². The Hall–Kier alpha value is -2.54. The summed E-state index contributed by atoms with van der Waals surface area (Å²) < 4.78 is 0. The Labute approximate surface area is 177 Å². The third kappa shape index (κ3) is 3.08. The number of thiophene rings is 2. The number of nitrogens with zero attached hydrogens (tertiary/aromatic N) is 2. The molecule has 0 saturated heterocycles. The Morgan fingerprint density at radius 2 is 1.97 bits per heavy atom. The first kappa shape index (κ1) is 18.5. The predicted octanol–water partition coefficient (Wildman–Crippen LogP) is 5.13. The van der Waals surface area contributed by atoms with Crippen molar-refractivity contribution in [1.82, 2.24) is 9.88 Å². The minimum absolute atomic E-state index is 0.000867. The van der Waals surface area contributed by atoms with Gasteiger partial charge in [0.15, 0.2) is 0 Å². The zero-order chi connectivity index (χ0) is 20.1. The summed E-state index contributed by atoms with van der Waals surface area (Å²) in [6, 6.07) is 12.3. The van der Waals surface area contributed by atoms with Crippen molar-refractivity contribution in [2.24, 2.45) is 0 Å². The van der Waals surface area contributed by atoms with E-state index in [-0.39, 0.29) is 5.78 Å². The molecule has 0 atom stereocenters. The highest BCUT2D eigenvalue weighted by molar-refractivity contribution is 7.22. The number of carbonyl (C=O) groups is 1. The SMILES string of the molecule is Cc1ccc(-c2nc3sc(C(=O)c4cccs4)c(N)c3c3c2CN(C)CC3)cc1. The van der Waals surface area contributed by atoms with Crippen molar-refractivity contribution >= 4 is 44.4 Å². The summed E-state index contributed by atoms with van der Waals surface area (Å²) in [7, 11) is 2.13. The minimum Gasteiger partial charge on any atom is -0.397 e. The van der Waals surface area contributed by atoms with Crippen LogP contribution in [0, 0.1) is 6.92 Å². The second-order valence-electron chi connectivity index (χ2n) is 7.60. The highest BCUT2D eigenvalue weighted by Gasteiger charge is 2.27. The highest BCUT2D eigenvalue weighted by Crippen LogP contribution is 2.42. The molecule has 6 heteroatoms. The highest BCUT2D eigenvalue weighted by atomic mass is 32.1. The Kier molecular flexibility index (Phi) is 4.50. The van der Waals surface area contributed by atoms with Gasteiger partial charge in [0.2, 0.25) is 5.78 Å². The molecule has 1 aliphatic rings. The molecule has 29 heavy (non-hydrogen) atoms. The number of nitrogen functional groups attached to an aromatic ring is 1. The van der Waals surface area contributed by atoms with Crippen molar-refractivity contribution in [3.05, 3.63) is 68.2 Å². The lowest BCUT2D eigenvalue weighted by atomic mass is 9.92. The van der Waals surface area contributed by atoms with E-state index >= 15 is 0 Å². The van der Waals surface area contributed by atoms with Crippen molar-refractivity contribution in [3.63, 3.8) is 0 Å². The molecule has 0 unspecified atom stereocenters. The molecule has 0 aliphatic carbocycles. The number of hydrogen-bond acceptors (Lipinski definition) is 6. The molecule has 3 aromatic heterocycles. The maximum Gasteiger partial charge on any atom is 0.215 e. The number of fused-ring (bicyclic) bond motifs is 3. The maximum absolute atomic E-state index is 13.0. The normalized spacial score (nSPS) is 14.3. The van der Waals surface area contributed by atoms with Crippen molar-refractivity contribution in [2.75, 3.05) is 19.3 Å². The van der Waals surface area contributed by atoms with E-state index in [2.05, 4.69) is 43.1 Å². The molecule has 4 aromatic rings. The molecule has 0 amide bonds. The zero-order valence-electron chi connectivity index (χ0n) is 16.4. The molecule has 0 fully saturated rings. The molecular weight excluding hydrogens is 398 g/mol. The number of aryl methyl sites for hydroxylation is 1. The lowest BCUT2D eigenvalue weighted by Gasteiger charge is -2.27. The average Bonchev–Trinajstić information content (AvgIpc) is 3.36. The first-order chi connectivity index (χ1) is 14.0. The van der Waals surface area contributed by atoms with Crippen LogP contribution in [0.25, 0.3) is 21.5 Å². The van der Waals surface area contributed by atoms with Gasteiger partial charge in [-0.05, 0) is 43.0 Å². The van der Waals surface area contributed by atoms with E-state index in [0.29, 0.717) is 10.6 Å². The van der Waals surface area contributed by atoms with E-state index in [9.17, 15) is 4.79 Å². The number of pyridine rings is 1. The van der Waals surface area contributed by atoms with E-state index in [0.717, 1.165) is 45.9 Å². The van der Waals surface area contributed by atoms with E-state index < -0.39 is 0 Å². The largest absolute Gasteiger partial charge is 0.397 e. The molecule has 4 heterocycles. The Morgan fingerprint density at radius 1 is 1.17 bits per heavy atom. The minimum atomic E-state index is -0.000867. The number of carbonyl (C=O) groups excluding carboxylic acids is 1. The zero-order valence-corrected chi connectivity index (χ0v) is 18.0. The first-order valence-corrected chi connectivity index (χ1v) is 11.3. The van der Waals surface area contributed by atoms with Gasteiger partial charge < -0.3 is 10.6 Å². The number of hydrogen-bond donors (Lipinski definition) is 1. The van der Waals surface area contributed by atoms with E-state index in [1.54, 1.807) is 0 Å². The molecule has 1 aliphatic heterocycles. The van der Waals surface area contributed by atoms with Gasteiger partial charge in [0, 0.05) is 24.0 Å². The van der Waals surface area contributed by atoms with Crippen LogP contribution in [-0.2, 0) is 13.0 Å². The number of benzene rings is 1. The topological polar surface area (TPSA) is 59.2 Å². The molecule has 2 N–H and O–H groups in total. The van der Waals surface area contributed by atoms with Gasteiger partial charge in [-0.2, -0.15) is 0 Å². The maximum atomic E-state index is 13.0. The van der Waals surface area contributed by atoms with Crippen LogP contribution in [0.2, 0.25) is 0 Å². The van der Waals surface area contributed by atoms with Crippen LogP contribution < -0.4 is 5.73 Å². The van der Waals surface area contributed by atoms with E-state index in [1.807, 2.05) is 17.5 Å². The molecule has 4 nitrogen and oxygen atoms in total. The van der Waals surface area contributed by atoms with Gasteiger partial charge in [-0.25, -0.2) is 4.98 Å². The van der Waals surface area contributed by atoms with Crippen molar-refractivity contribution in [3.8, 4) is 11.3 Å². The summed E-state index contributed by atoms with van der Waals surface area (Å²) >= 11 is 2.87. The molecule has 0 radical (unpaired) electrons. The van der Waals surface area contributed by atoms with Crippen LogP contribution in [0.3, 0.4) is 0 Å². The Balaban J connectivity index is 1.76. The van der Waals surface area contributed by atoms with Crippen LogP contribution in [0.4, 0.5) is 5.69 Å². The number of nitrogens with two attached hydrogens (primary N) is 1. The second-order valence-corrected chi connectivity index (χ2v) is 9.55.